The van der Waals surface area contributed by atoms with Crippen LogP contribution in [0.2, 0.25) is 0 Å². The smallest absolute Gasteiger partial charge is 0.414 e. The first-order valence-corrected chi connectivity index (χ1v) is 11.0. The SMILES string of the molecule is CC(=O)NC[C@H]1CN(c2ccc(C(=O)c3cnc4ccc(SCCO)cn34)cc2)C(=O)O1. The van der Waals surface area contributed by atoms with Crippen LogP contribution in [-0.4, -0.2) is 63.8 Å². The van der Waals surface area contributed by atoms with Crippen molar-refractivity contribution < 1.29 is 24.2 Å². The Balaban J connectivity index is 1.50. The normalized spacial score (nSPS) is 15.8. The lowest BCUT2D eigenvalue weighted by Crippen LogP contribution is -2.33. The van der Waals surface area contributed by atoms with Gasteiger partial charge in [-0.15, -0.1) is 11.8 Å². The minimum Gasteiger partial charge on any atom is -0.442 e. The topological polar surface area (TPSA) is 113 Å². The summed E-state index contributed by atoms with van der Waals surface area (Å²) >= 11 is 1.49. The van der Waals surface area contributed by atoms with E-state index in [1.54, 1.807) is 28.7 Å². The number of rotatable bonds is 8. The number of ether oxygens (including phenoxy) is 1. The predicted molar refractivity (Wildman–Crippen MR) is 119 cm³/mol. The number of fused-ring (bicyclic) bond motifs is 1. The van der Waals surface area contributed by atoms with Crippen molar-refractivity contribution in [3.8, 4) is 0 Å². The molecular formula is C22H22N4O5S. The maximum absolute atomic E-state index is 13.1. The second kappa shape index (κ2) is 9.41. The standard InChI is InChI=1S/C22H22N4O5S/c1-14(28)23-10-17-12-25(22(30)31-17)16-4-2-15(3-5-16)21(29)19-11-24-20-7-6-18(13-26(19)20)32-9-8-27/h2-7,11,13,17,27H,8-10,12H2,1H3,(H,23,28)/t17-/m0/s1. The quantitative estimate of drug-likeness (QED) is 0.396. The van der Waals surface area contributed by atoms with Gasteiger partial charge in [0.1, 0.15) is 17.4 Å². The van der Waals surface area contributed by atoms with Gasteiger partial charge >= 0.3 is 6.09 Å². The highest BCUT2D eigenvalue weighted by atomic mass is 32.2. The van der Waals surface area contributed by atoms with Gasteiger partial charge in [0, 0.05) is 35.0 Å². The van der Waals surface area contributed by atoms with Crippen molar-refractivity contribution in [2.45, 2.75) is 17.9 Å². The second-order valence-corrected chi connectivity index (χ2v) is 8.41. The summed E-state index contributed by atoms with van der Waals surface area (Å²) in [6.07, 6.45) is 2.45. The fourth-order valence-corrected chi connectivity index (χ4v) is 4.09. The molecule has 0 aliphatic carbocycles. The van der Waals surface area contributed by atoms with Crippen molar-refractivity contribution in [1.29, 1.82) is 0 Å². The Bertz CT molecular complexity index is 1160. The van der Waals surface area contributed by atoms with E-state index in [1.807, 2.05) is 18.3 Å². The van der Waals surface area contributed by atoms with Crippen LogP contribution < -0.4 is 10.2 Å². The number of hydrogen-bond donors (Lipinski definition) is 2. The first-order valence-electron chi connectivity index (χ1n) is 10.0. The number of nitrogens with one attached hydrogen (secondary N) is 1. The molecule has 166 valence electrons. The van der Waals surface area contributed by atoms with Gasteiger partial charge in [0.15, 0.2) is 0 Å². The molecule has 0 saturated carbocycles. The van der Waals surface area contributed by atoms with Gasteiger partial charge in [0.25, 0.3) is 0 Å². The molecule has 0 spiro atoms. The number of carbonyl (C=O) groups is 3. The molecular weight excluding hydrogens is 432 g/mol. The van der Waals surface area contributed by atoms with E-state index in [0.29, 0.717) is 34.9 Å². The fraction of sp³-hybridized carbons (Fsp3) is 0.273. The predicted octanol–water partition coefficient (Wildman–Crippen LogP) is 2.11. The van der Waals surface area contributed by atoms with Gasteiger partial charge in [-0.05, 0) is 36.4 Å². The van der Waals surface area contributed by atoms with E-state index in [0.717, 1.165) is 4.90 Å². The van der Waals surface area contributed by atoms with Crippen LogP contribution >= 0.6 is 11.8 Å². The van der Waals surface area contributed by atoms with Crippen molar-refractivity contribution in [2.24, 2.45) is 0 Å². The molecule has 4 rings (SSSR count). The molecule has 9 nitrogen and oxygen atoms in total. The maximum Gasteiger partial charge on any atom is 0.414 e. The molecule has 2 amide bonds. The number of aliphatic hydroxyl groups excluding tert-OH is 1. The molecule has 10 heteroatoms. The summed E-state index contributed by atoms with van der Waals surface area (Å²) in [7, 11) is 0. The number of ketones is 1. The van der Waals surface area contributed by atoms with E-state index >= 15 is 0 Å². The van der Waals surface area contributed by atoms with Crippen molar-refractivity contribution in [1.82, 2.24) is 14.7 Å². The zero-order valence-electron chi connectivity index (χ0n) is 17.4. The molecule has 3 heterocycles. The minimum atomic E-state index is -0.492. The largest absolute Gasteiger partial charge is 0.442 e. The van der Waals surface area contributed by atoms with Crippen LogP contribution in [0.25, 0.3) is 5.65 Å². The van der Waals surface area contributed by atoms with Crippen LogP contribution in [0.1, 0.15) is 23.0 Å². The number of imidazole rings is 1. The van der Waals surface area contributed by atoms with Gasteiger partial charge < -0.3 is 15.2 Å². The number of aromatic nitrogens is 2. The molecule has 0 unspecified atom stereocenters. The summed E-state index contributed by atoms with van der Waals surface area (Å²) in [5.74, 6) is 0.185. The summed E-state index contributed by atoms with van der Waals surface area (Å²) in [5, 5.41) is 11.7. The van der Waals surface area contributed by atoms with Crippen LogP contribution in [0, 0.1) is 0 Å². The molecule has 1 atom stereocenters. The number of benzene rings is 1. The van der Waals surface area contributed by atoms with E-state index < -0.39 is 12.2 Å². The third-order valence-corrected chi connectivity index (χ3v) is 5.93. The van der Waals surface area contributed by atoms with Gasteiger partial charge in [0.2, 0.25) is 11.7 Å². The zero-order valence-corrected chi connectivity index (χ0v) is 18.2. The Morgan fingerprint density at radius 1 is 1.25 bits per heavy atom. The Labute approximate surface area is 188 Å². The fourth-order valence-electron chi connectivity index (χ4n) is 3.41. The number of amides is 2. The average molecular weight is 455 g/mol. The Kier molecular flexibility index (Phi) is 6.42. The monoisotopic (exact) mass is 454 g/mol. The Morgan fingerprint density at radius 2 is 2.03 bits per heavy atom. The van der Waals surface area contributed by atoms with Gasteiger partial charge in [-0.1, -0.05) is 0 Å². The van der Waals surface area contributed by atoms with E-state index in [1.165, 1.54) is 29.8 Å². The number of pyridine rings is 1. The molecule has 2 N–H and O–H groups in total. The average Bonchev–Trinajstić information content (AvgIpc) is 3.38. The lowest BCUT2D eigenvalue weighted by molar-refractivity contribution is -0.119. The van der Waals surface area contributed by atoms with Crippen molar-refractivity contribution >= 4 is 40.9 Å². The number of carbonyl (C=O) groups excluding carboxylic acids is 3. The number of thioether (sulfide) groups is 1. The molecule has 1 aliphatic rings. The second-order valence-electron chi connectivity index (χ2n) is 7.24. The highest BCUT2D eigenvalue weighted by molar-refractivity contribution is 7.99. The molecule has 3 aromatic rings. The van der Waals surface area contributed by atoms with Gasteiger partial charge in [-0.3, -0.25) is 18.9 Å². The molecule has 1 aliphatic heterocycles. The highest BCUT2D eigenvalue weighted by Crippen LogP contribution is 2.24. The summed E-state index contributed by atoms with van der Waals surface area (Å²) in [6, 6.07) is 10.4. The van der Waals surface area contributed by atoms with Crippen LogP contribution in [-0.2, 0) is 9.53 Å². The first-order chi connectivity index (χ1) is 15.5. The number of aliphatic hydroxyl groups is 1. The lowest BCUT2D eigenvalue weighted by Gasteiger charge is -2.13. The molecule has 0 radical (unpaired) electrons. The Morgan fingerprint density at radius 3 is 2.75 bits per heavy atom. The molecule has 1 fully saturated rings. The van der Waals surface area contributed by atoms with Crippen molar-refractivity contribution in [3.05, 3.63) is 60.0 Å². The minimum absolute atomic E-state index is 0.0727. The first kappa shape index (κ1) is 21.8. The van der Waals surface area contributed by atoms with Gasteiger partial charge in [-0.2, -0.15) is 0 Å². The third kappa shape index (κ3) is 4.61. The molecule has 0 bridgehead atoms. The number of cyclic esters (lactones) is 1. The number of anilines is 1. The van der Waals surface area contributed by atoms with Crippen LogP contribution in [0.5, 0.6) is 0 Å². The summed E-state index contributed by atoms with van der Waals surface area (Å²) in [5.41, 5.74) is 2.16. The zero-order chi connectivity index (χ0) is 22.7. The van der Waals surface area contributed by atoms with Gasteiger partial charge in [-0.25, -0.2) is 9.78 Å². The third-order valence-electron chi connectivity index (χ3n) is 4.97. The van der Waals surface area contributed by atoms with Crippen LogP contribution in [0.4, 0.5) is 10.5 Å². The molecule has 32 heavy (non-hydrogen) atoms. The van der Waals surface area contributed by atoms with E-state index in [2.05, 4.69) is 10.3 Å². The summed E-state index contributed by atoms with van der Waals surface area (Å²) in [4.78, 5) is 43.0. The Hall–Kier alpha value is -3.37. The van der Waals surface area contributed by atoms with Crippen molar-refractivity contribution in [3.63, 3.8) is 0 Å². The molecule has 2 aromatic heterocycles. The number of nitrogens with zero attached hydrogens (tertiary/aromatic N) is 3. The van der Waals surface area contributed by atoms with E-state index in [-0.39, 0.29) is 24.8 Å². The van der Waals surface area contributed by atoms with E-state index in [9.17, 15) is 14.4 Å². The van der Waals surface area contributed by atoms with Gasteiger partial charge in [0.05, 0.1) is 25.9 Å². The van der Waals surface area contributed by atoms with Crippen LogP contribution in [0.3, 0.4) is 0 Å². The molecule has 1 saturated heterocycles. The summed E-state index contributed by atoms with van der Waals surface area (Å²) in [6.45, 7) is 2.04. The highest BCUT2D eigenvalue weighted by Gasteiger charge is 2.32. The number of hydrogen-bond acceptors (Lipinski definition) is 7. The maximum atomic E-state index is 13.1. The van der Waals surface area contributed by atoms with Crippen LogP contribution in [0.15, 0.2) is 53.7 Å². The van der Waals surface area contributed by atoms with Crippen molar-refractivity contribution in [2.75, 3.05) is 30.3 Å². The summed E-state index contributed by atoms with van der Waals surface area (Å²) < 4.78 is 7.02. The van der Waals surface area contributed by atoms with E-state index in [4.69, 9.17) is 9.84 Å². The lowest BCUT2D eigenvalue weighted by atomic mass is 10.1. The molecule has 1 aromatic carbocycles.